The largest absolute Gasteiger partial charge is 0.207 e. The molecule has 82 valence electrons. The van der Waals surface area contributed by atoms with E-state index in [0.717, 1.165) is 24.6 Å². The number of hydrogen-bond donors (Lipinski definition) is 0. The lowest BCUT2D eigenvalue weighted by Gasteiger charge is -2.08. The van der Waals surface area contributed by atoms with Crippen LogP contribution in [0.5, 0.6) is 0 Å². The molecule has 1 aromatic rings. The van der Waals surface area contributed by atoms with Crippen molar-refractivity contribution >= 4 is 0 Å². The summed E-state index contributed by atoms with van der Waals surface area (Å²) < 4.78 is 26.0. The standard InChI is InChI=1S/C11H13F2NO/c1-2-3-10(14-15)7-8-6-9(12)4-5-11(8)13/h4-6,10H,2-3,7H2,1H3/t10-/m0/s1. The van der Waals surface area contributed by atoms with Crippen molar-refractivity contribution in [1.29, 1.82) is 0 Å². The van der Waals surface area contributed by atoms with Crippen molar-refractivity contribution in [1.82, 2.24) is 0 Å². The predicted octanol–water partition coefficient (Wildman–Crippen LogP) is 3.44. The topological polar surface area (TPSA) is 29.4 Å². The van der Waals surface area contributed by atoms with E-state index in [1.807, 2.05) is 6.92 Å². The highest BCUT2D eigenvalue weighted by atomic mass is 19.1. The van der Waals surface area contributed by atoms with Crippen molar-refractivity contribution in [2.45, 2.75) is 32.2 Å². The zero-order valence-corrected chi connectivity index (χ0v) is 8.54. The molecule has 0 aliphatic carbocycles. The summed E-state index contributed by atoms with van der Waals surface area (Å²) in [4.78, 5) is 10.4. The van der Waals surface area contributed by atoms with Gasteiger partial charge in [-0.05, 0) is 30.2 Å². The Balaban J connectivity index is 2.77. The molecule has 0 amide bonds. The minimum absolute atomic E-state index is 0.168. The minimum Gasteiger partial charge on any atom is -0.207 e. The Labute approximate surface area is 87.3 Å². The molecule has 0 fully saturated rings. The maximum absolute atomic E-state index is 13.2. The molecule has 0 aromatic heterocycles. The van der Waals surface area contributed by atoms with Gasteiger partial charge in [0, 0.05) is 6.42 Å². The van der Waals surface area contributed by atoms with E-state index in [1.54, 1.807) is 0 Å². The van der Waals surface area contributed by atoms with Gasteiger partial charge in [0.2, 0.25) is 0 Å². The number of rotatable bonds is 5. The third-order valence-electron chi connectivity index (χ3n) is 2.23. The van der Waals surface area contributed by atoms with E-state index in [4.69, 9.17) is 0 Å². The van der Waals surface area contributed by atoms with Crippen LogP contribution in [0.15, 0.2) is 23.4 Å². The van der Waals surface area contributed by atoms with E-state index in [0.29, 0.717) is 6.42 Å². The first-order valence-electron chi connectivity index (χ1n) is 4.93. The van der Waals surface area contributed by atoms with Gasteiger partial charge in [-0.3, -0.25) is 0 Å². The Morgan fingerprint density at radius 1 is 1.40 bits per heavy atom. The van der Waals surface area contributed by atoms with Crippen LogP contribution in [-0.2, 0) is 6.42 Å². The normalized spacial score (nSPS) is 12.5. The van der Waals surface area contributed by atoms with Crippen molar-refractivity contribution in [2.75, 3.05) is 0 Å². The lowest BCUT2D eigenvalue weighted by Crippen LogP contribution is -2.09. The summed E-state index contributed by atoms with van der Waals surface area (Å²) in [5.41, 5.74) is 0.216. The van der Waals surface area contributed by atoms with Gasteiger partial charge in [-0.25, -0.2) is 8.78 Å². The van der Waals surface area contributed by atoms with E-state index in [-0.39, 0.29) is 12.0 Å². The maximum atomic E-state index is 13.2. The van der Waals surface area contributed by atoms with Gasteiger partial charge in [0.05, 0.1) is 6.04 Å². The van der Waals surface area contributed by atoms with Crippen molar-refractivity contribution in [3.05, 3.63) is 40.3 Å². The lowest BCUT2D eigenvalue weighted by molar-refractivity contribution is 0.549. The first-order chi connectivity index (χ1) is 7.17. The molecule has 0 aliphatic heterocycles. The van der Waals surface area contributed by atoms with Crippen molar-refractivity contribution in [3.63, 3.8) is 0 Å². The summed E-state index contributed by atoms with van der Waals surface area (Å²) in [7, 11) is 0. The van der Waals surface area contributed by atoms with E-state index >= 15 is 0 Å². The summed E-state index contributed by atoms with van der Waals surface area (Å²) >= 11 is 0. The highest BCUT2D eigenvalue weighted by Gasteiger charge is 2.12. The first kappa shape index (κ1) is 11.8. The third kappa shape index (κ3) is 3.38. The molecule has 0 N–H and O–H groups in total. The second kappa shape index (κ2) is 5.53. The van der Waals surface area contributed by atoms with Crippen molar-refractivity contribution in [2.24, 2.45) is 5.18 Å². The Morgan fingerprint density at radius 3 is 2.73 bits per heavy atom. The molecule has 2 nitrogen and oxygen atoms in total. The van der Waals surface area contributed by atoms with Crippen LogP contribution >= 0.6 is 0 Å². The lowest BCUT2D eigenvalue weighted by atomic mass is 10.0. The SMILES string of the molecule is CCC[C@@H](Cc1cc(F)ccc1F)N=O. The fourth-order valence-corrected chi connectivity index (χ4v) is 1.48. The highest BCUT2D eigenvalue weighted by molar-refractivity contribution is 5.19. The van der Waals surface area contributed by atoms with Crippen LogP contribution in [0.1, 0.15) is 25.3 Å². The molecular weight excluding hydrogens is 200 g/mol. The summed E-state index contributed by atoms with van der Waals surface area (Å²) in [5, 5.41) is 2.90. The van der Waals surface area contributed by atoms with E-state index in [9.17, 15) is 13.7 Å². The Bertz CT molecular complexity index is 341. The Hall–Kier alpha value is -1.32. The van der Waals surface area contributed by atoms with Gasteiger partial charge in [-0.15, -0.1) is 0 Å². The quantitative estimate of drug-likeness (QED) is 0.689. The van der Waals surface area contributed by atoms with Gasteiger partial charge in [0.25, 0.3) is 0 Å². The summed E-state index contributed by atoms with van der Waals surface area (Å²) in [6, 6.07) is 2.77. The Kier molecular flexibility index (Phi) is 4.34. The van der Waals surface area contributed by atoms with Gasteiger partial charge in [-0.1, -0.05) is 18.5 Å². The van der Waals surface area contributed by atoms with Crippen LogP contribution in [0, 0.1) is 16.5 Å². The molecule has 1 aromatic carbocycles. The minimum atomic E-state index is -0.493. The van der Waals surface area contributed by atoms with E-state index in [2.05, 4.69) is 5.18 Å². The number of halogens is 2. The van der Waals surface area contributed by atoms with Crippen LogP contribution in [0.25, 0.3) is 0 Å². The maximum Gasteiger partial charge on any atom is 0.126 e. The van der Waals surface area contributed by atoms with Crippen LogP contribution in [-0.4, -0.2) is 6.04 Å². The van der Waals surface area contributed by atoms with Gasteiger partial charge in [0.15, 0.2) is 0 Å². The van der Waals surface area contributed by atoms with Crippen molar-refractivity contribution < 1.29 is 8.78 Å². The highest BCUT2D eigenvalue weighted by Crippen LogP contribution is 2.15. The van der Waals surface area contributed by atoms with Gasteiger partial charge in [0.1, 0.15) is 11.6 Å². The van der Waals surface area contributed by atoms with Crippen molar-refractivity contribution in [3.8, 4) is 0 Å². The van der Waals surface area contributed by atoms with Gasteiger partial charge >= 0.3 is 0 Å². The molecule has 0 saturated carbocycles. The van der Waals surface area contributed by atoms with E-state index in [1.165, 1.54) is 0 Å². The molecule has 4 heteroatoms. The zero-order valence-electron chi connectivity index (χ0n) is 8.54. The number of hydrogen-bond acceptors (Lipinski definition) is 2. The fourth-order valence-electron chi connectivity index (χ4n) is 1.48. The monoisotopic (exact) mass is 213 g/mol. The summed E-state index contributed by atoms with van der Waals surface area (Å²) in [5.74, 6) is -0.978. The molecule has 0 spiro atoms. The molecule has 15 heavy (non-hydrogen) atoms. The number of benzene rings is 1. The van der Waals surface area contributed by atoms with Crippen LogP contribution in [0.4, 0.5) is 8.78 Å². The Morgan fingerprint density at radius 2 is 2.13 bits per heavy atom. The molecule has 1 rings (SSSR count). The third-order valence-corrected chi connectivity index (χ3v) is 2.23. The average molecular weight is 213 g/mol. The van der Waals surface area contributed by atoms with Gasteiger partial charge in [-0.2, -0.15) is 4.91 Å². The molecule has 1 atom stereocenters. The second-order valence-electron chi connectivity index (χ2n) is 3.49. The molecule has 0 bridgehead atoms. The molecule has 0 radical (unpaired) electrons. The smallest absolute Gasteiger partial charge is 0.126 e. The number of nitrogens with zero attached hydrogens (tertiary/aromatic N) is 1. The average Bonchev–Trinajstić information content (AvgIpc) is 2.22. The first-order valence-corrected chi connectivity index (χ1v) is 4.93. The van der Waals surface area contributed by atoms with Crippen LogP contribution in [0.3, 0.4) is 0 Å². The van der Waals surface area contributed by atoms with E-state index < -0.39 is 17.7 Å². The fraction of sp³-hybridized carbons (Fsp3) is 0.455. The zero-order chi connectivity index (χ0) is 11.3. The van der Waals surface area contributed by atoms with Crippen LogP contribution in [0.2, 0.25) is 0 Å². The molecular formula is C11H13F2NO. The molecule has 0 unspecified atom stereocenters. The number of nitroso groups, excluding NO2 is 1. The molecule has 0 aliphatic rings. The van der Waals surface area contributed by atoms with Gasteiger partial charge < -0.3 is 0 Å². The molecule has 0 saturated heterocycles. The summed E-state index contributed by atoms with van der Waals surface area (Å²) in [6.07, 6.45) is 1.56. The molecule has 0 heterocycles. The van der Waals surface area contributed by atoms with Crippen LogP contribution < -0.4 is 0 Å². The summed E-state index contributed by atoms with van der Waals surface area (Å²) in [6.45, 7) is 1.92. The second-order valence-corrected chi connectivity index (χ2v) is 3.49. The predicted molar refractivity (Wildman–Crippen MR) is 54.6 cm³/mol.